The number of aromatic amines is 1. The van der Waals surface area contributed by atoms with E-state index in [-0.39, 0.29) is 17.9 Å². The minimum atomic E-state index is -0.209. The second kappa shape index (κ2) is 8.73. The molecule has 0 spiro atoms. The van der Waals surface area contributed by atoms with Gasteiger partial charge in [-0.1, -0.05) is 23.7 Å². The molecule has 0 radical (unpaired) electrons. The van der Waals surface area contributed by atoms with Crippen LogP contribution in [0.1, 0.15) is 12.2 Å². The van der Waals surface area contributed by atoms with Crippen LogP contribution in [0.2, 0.25) is 5.02 Å². The van der Waals surface area contributed by atoms with E-state index >= 15 is 0 Å². The molecule has 0 unspecified atom stereocenters. The number of para-hydroxylation sites is 1. The van der Waals surface area contributed by atoms with Gasteiger partial charge < -0.3 is 14.9 Å². The number of hydrogen-bond donors (Lipinski definition) is 2. The molecule has 30 heavy (non-hydrogen) atoms. The number of amides is 1. The van der Waals surface area contributed by atoms with Crippen LogP contribution in [0, 0.1) is 0 Å². The fourth-order valence-corrected chi connectivity index (χ4v) is 3.98. The first-order chi connectivity index (χ1) is 14.5. The number of aryl methyl sites for hydroxylation is 2. The maximum absolute atomic E-state index is 12.6. The Balaban J connectivity index is 1.47. The van der Waals surface area contributed by atoms with Gasteiger partial charge in [-0.05, 0) is 42.1 Å². The molecule has 1 amide bonds. The Bertz CT molecular complexity index is 1280. The minimum Gasteiger partial charge on any atom is -0.329 e. The lowest BCUT2D eigenvalue weighted by atomic mass is 10.2. The van der Waals surface area contributed by atoms with Gasteiger partial charge in [0.1, 0.15) is 5.82 Å². The van der Waals surface area contributed by atoms with Crippen molar-refractivity contribution in [1.29, 1.82) is 0 Å². The van der Waals surface area contributed by atoms with Gasteiger partial charge in [-0.15, -0.1) is 0 Å². The van der Waals surface area contributed by atoms with Crippen molar-refractivity contribution in [3.63, 3.8) is 0 Å². The van der Waals surface area contributed by atoms with E-state index in [2.05, 4.69) is 20.3 Å². The van der Waals surface area contributed by atoms with E-state index in [9.17, 15) is 9.59 Å². The van der Waals surface area contributed by atoms with Crippen molar-refractivity contribution < 1.29 is 4.79 Å². The monoisotopic (exact) mass is 439 g/mol. The Morgan fingerprint density at radius 1 is 1.27 bits per heavy atom. The molecule has 9 heteroatoms. The zero-order chi connectivity index (χ0) is 21.1. The van der Waals surface area contributed by atoms with Crippen LogP contribution in [-0.2, 0) is 18.3 Å². The predicted octanol–water partition coefficient (Wildman–Crippen LogP) is 4.03. The van der Waals surface area contributed by atoms with Crippen LogP contribution in [0.3, 0.4) is 0 Å². The van der Waals surface area contributed by atoms with E-state index in [0.717, 1.165) is 10.1 Å². The molecule has 0 atom stereocenters. The molecule has 152 valence electrons. The molecule has 0 bridgehead atoms. The van der Waals surface area contributed by atoms with Crippen molar-refractivity contribution in [2.75, 3.05) is 5.32 Å². The highest BCUT2D eigenvalue weighted by Crippen LogP contribution is 2.34. The molecule has 2 heterocycles. The van der Waals surface area contributed by atoms with Gasteiger partial charge in [0, 0.05) is 42.2 Å². The maximum Gasteiger partial charge on any atom is 0.258 e. The molecule has 0 saturated heterocycles. The Labute approximate surface area is 181 Å². The molecule has 4 rings (SSSR count). The third-order valence-electron chi connectivity index (χ3n) is 4.44. The summed E-state index contributed by atoms with van der Waals surface area (Å²) in [5, 5.41) is 4.75. The van der Waals surface area contributed by atoms with Crippen molar-refractivity contribution in [3.8, 4) is 0 Å². The summed E-state index contributed by atoms with van der Waals surface area (Å²) >= 11 is 7.56. The normalized spacial score (nSPS) is 11.0. The summed E-state index contributed by atoms with van der Waals surface area (Å²) in [6, 6.07) is 12.4. The number of nitrogens with zero attached hydrogens (tertiary/aromatic N) is 3. The fraction of sp³-hybridized carbons (Fsp3) is 0.143. The number of benzene rings is 2. The van der Waals surface area contributed by atoms with E-state index in [1.807, 2.05) is 29.9 Å². The second-order valence-electron chi connectivity index (χ2n) is 6.64. The van der Waals surface area contributed by atoms with Crippen molar-refractivity contribution in [2.24, 2.45) is 7.05 Å². The molecular weight excluding hydrogens is 422 g/mol. The summed E-state index contributed by atoms with van der Waals surface area (Å²) in [6.45, 7) is 0. The van der Waals surface area contributed by atoms with Crippen LogP contribution in [0.5, 0.6) is 0 Å². The van der Waals surface area contributed by atoms with Crippen LogP contribution < -0.4 is 10.9 Å². The third kappa shape index (κ3) is 4.55. The number of nitrogens with one attached hydrogen (secondary N) is 2. The van der Waals surface area contributed by atoms with Gasteiger partial charge in [-0.25, -0.2) is 9.97 Å². The van der Waals surface area contributed by atoms with Gasteiger partial charge >= 0.3 is 0 Å². The van der Waals surface area contributed by atoms with Crippen molar-refractivity contribution in [3.05, 3.63) is 76.1 Å². The lowest BCUT2D eigenvalue weighted by Crippen LogP contribution is -2.16. The molecule has 2 aromatic heterocycles. The second-order valence-corrected chi connectivity index (χ2v) is 8.09. The van der Waals surface area contributed by atoms with Crippen molar-refractivity contribution in [2.45, 2.75) is 22.9 Å². The number of fused-ring (bicyclic) bond motifs is 1. The number of imidazole rings is 1. The van der Waals surface area contributed by atoms with E-state index in [4.69, 9.17) is 11.6 Å². The first-order valence-corrected chi connectivity index (χ1v) is 10.4. The quantitative estimate of drug-likeness (QED) is 0.473. The van der Waals surface area contributed by atoms with Crippen LogP contribution in [0.4, 0.5) is 5.69 Å². The first kappa shape index (κ1) is 20.2. The summed E-state index contributed by atoms with van der Waals surface area (Å²) in [5.74, 6) is 0.275. The number of hydrogen-bond acceptors (Lipinski definition) is 5. The van der Waals surface area contributed by atoms with Gasteiger partial charge in [-0.3, -0.25) is 9.59 Å². The SMILES string of the molecule is Cn1ccnc1Sc1ccc(Cl)cc1NC(=O)CCc1nc2ccccc2c(=O)[nH]1. The summed E-state index contributed by atoms with van der Waals surface area (Å²) < 4.78 is 1.90. The third-order valence-corrected chi connectivity index (χ3v) is 5.83. The topological polar surface area (TPSA) is 92.7 Å². The van der Waals surface area contributed by atoms with E-state index in [1.165, 1.54) is 11.8 Å². The average molecular weight is 440 g/mol. The number of anilines is 1. The smallest absolute Gasteiger partial charge is 0.258 e. The van der Waals surface area contributed by atoms with E-state index in [0.29, 0.717) is 33.9 Å². The van der Waals surface area contributed by atoms with Gasteiger partial charge in [0.15, 0.2) is 5.16 Å². The van der Waals surface area contributed by atoms with Crippen LogP contribution in [-0.4, -0.2) is 25.4 Å². The minimum absolute atomic E-state index is 0.167. The largest absolute Gasteiger partial charge is 0.329 e. The molecule has 7 nitrogen and oxygen atoms in total. The Kier molecular flexibility index (Phi) is 5.87. The van der Waals surface area contributed by atoms with Crippen LogP contribution >= 0.6 is 23.4 Å². The maximum atomic E-state index is 12.6. The lowest BCUT2D eigenvalue weighted by Gasteiger charge is -2.11. The molecule has 4 aromatic rings. The number of aromatic nitrogens is 4. The number of halogens is 1. The molecule has 2 aromatic carbocycles. The number of H-pyrrole nitrogens is 1. The summed E-state index contributed by atoms with van der Waals surface area (Å²) in [4.78, 5) is 37.0. The first-order valence-electron chi connectivity index (χ1n) is 9.22. The van der Waals surface area contributed by atoms with E-state index in [1.54, 1.807) is 36.5 Å². The number of carbonyl (C=O) groups is 1. The highest BCUT2D eigenvalue weighted by molar-refractivity contribution is 7.99. The van der Waals surface area contributed by atoms with Crippen LogP contribution in [0.25, 0.3) is 10.9 Å². The highest BCUT2D eigenvalue weighted by Gasteiger charge is 2.12. The molecular formula is C21H18ClN5O2S. The molecule has 0 aliphatic carbocycles. The summed E-state index contributed by atoms with van der Waals surface area (Å²) in [6.07, 6.45) is 4.05. The molecule has 0 fully saturated rings. The summed E-state index contributed by atoms with van der Waals surface area (Å²) in [5.41, 5.74) is 1.01. The molecule has 2 N–H and O–H groups in total. The molecule has 0 aliphatic heterocycles. The Morgan fingerprint density at radius 3 is 2.90 bits per heavy atom. The molecule has 0 saturated carbocycles. The highest BCUT2D eigenvalue weighted by atomic mass is 35.5. The fourth-order valence-electron chi connectivity index (χ4n) is 2.94. The standard InChI is InChI=1S/C21H18ClN5O2S/c1-27-11-10-23-21(27)30-17-7-6-13(22)12-16(17)25-19(28)9-8-18-24-15-5-3-2-4-14(15)20(29)26-18/h2-7,10-12H,8-9H2,1H3,(H,25,28)(H,24,26,29). The van der Waals surface area contributed by atoms with Gasteiger partial charge in [0.25, 0.3) is 5.56 Å². The predicted molar refractivity (Wildman–Crippen MR) is 118 cm³/mol. The average Bonchev–Trinajstić information content (AvgIpc) is 3.13. The zero-order valence-electron chi connectivity index (χ0n) is 16.1. The number of carbonyl (C=O) groups excluding carboxylic acids is 1. The number of rotatable bonds is 6. The zero-order valence-corrected chi connectivity index (χ0v) is 17.6. The lowest BCUT2D eigenvalue weighted by molar-refractivity contribution is -0.116. The van der Waals surface area contributed by atoms with E-state index < -0.39 is 0 Å². The van der Waals surface area contributed by atoms with Gasteiger partial charge in [0.05, 0.1) is 16.6 Å². The molecule has 0 aliphatic rings. The van der Waals surface area contributed by atoms with Gasteiger partial charge in [-0.2, -0.15) is 0 Å². The Hall–Kier alpha value is -3.10. The Morgan fingerprint density at radius 2 is 2.10 bits per heavy atom. The van der Waals surface area contributed by atoms with Crippen LogP contribution in [0.15, 0.2) is 69.7 Å². The summed E-state index contributed by atoms with van der Waals surface area (Å²) in [7, 11) is 1.90. The van der Waals surface area contributed by atoms with Crippen molar-refractivity contribution in [1.82, 2.24) is 19.5 Å². The van der Waals surface area contributed by atoms with Crippen molar-refractivity contribution >= 4 is 45.9 Å². The van der Waals surface area contributed by atoms with Gasteiger partial charge in [0.2, 0.25) is 5.91 Å².